The first-order valence-electron chi connectivity index (χ1n) is 8.87. The van der Waals surface area contributed by atoms with Crippen LogP contribution in [0.5, 0.6) is 5.75 Å². The van der Waals surface area contributed by atoms with Gasteiger partial charge in [-0.3, -0.25) is 9.59 Å². The maximum atomic E-state index is 13.5. The van der Waals surface area contributed by atoms with Crippen molar-refractivity contribution >= 4 is 23.7 Å². The molecule has 0 spiro atoms. The molecule has 0 radical (unpaired) electrons. The fourth-order valence-electron chi connectivity index (χ4n) is 2.44. The van der Waals surface area contributed by atoms with E-state index in [0.717, 1.165) is 6.07 Å². The molecule has 30 heavy (non-hydrogen) atoms. The summed E-state index contributed by atoms with van der Waals surface area (Å²) in [6, 6.07) is 18.4. The third-order valence-electron chi connectivity index (χ3n) is 3.86. The molecule has 0 unspecified atom stereocenters. The highest BCUT2D eigenvalue weighted by Crippen LogP contribution is 2.15. The molecule has 0 fully saturated rings. The van der Waals surface area contributed by atoms with E-state index in [-0.39, 0.29) is 18.1 Å². The zero-order chi connectivity index (χ0) is 21.3. The molecule has 2 N–H and O–H groups in total. The lowest BCUT2D eigenvalue weighted by atomic mass is 10.2. The number of hydrazone groups is 1. The largest absolute Gasteiger partial charge is 0.489 e. The first-order chi connectivity index (χ1) is 14.5. The minimum absolute atomic E-state index is 0.107. The van der Waals surface area contributed by atoms with Gasteiger partial charge in [0.05, 0.1) is 11.9 Å². The topological polar surface area (TPSA) is 79.8 Å². The Balaban J connectivity index is 1.53. The first kappa shape index (κ1) is 20.7. The molecular weight excluding hydrogens is 392 g/mol. The molecule has 152 valence electrons. The minimum Gasteiger partial charge on any atom is -0.489 e. The molecule has 0 saturated heterocycles. The van der Waals surface area contributed by atoms with E-state index in [2.05, 4.69) is 15.8 Å². The number of hydrogen-bond donors (Lipinski definition) is 2. The van der Waals surface area contributed by atoms with Gasteiger partial charge >= 0.3 is 11.8 Å². The van der Waals surface area contributed by atoms with Gasteiger partial charge in [-0.25, -0.2) is 14.2 Å². The molecule has 0 saturated carbocycles. The van der Waals surface area contributed by atoms with Crippen molar-refractivity contribution in [2.45, 2.75) is 6.61 Å². The molecule has 0 aromatic heterocycles. The van der Waals surface area contributed by atoms with Gasteiger partial charge in [-0.1, -0.05) is 36.4 Å². The van der Waals surface area contributed by atoms with Crippen LogP contribution in [0.1, 0.15) is 11.1 Å². The fraction of sp³-hybridized carbons (Fsp3) is 0.0455. The van der Waals surface area contributed by atoms with Crippen LogP contribution in [0.15, 0.2) is 77.9 Å². The molecule has 0 aliphatic heterocycles. The molecule has 8 heteroatoms. The molecule has 3 aromatic rings. The van der Waals surface area contributed by atoms with E-state index in [1.807, 2.05) is 0 Å². The Morgan fingerprint density at radius 3 is 2.53 bits per heavy atom. The van der Waals surface area contributed by atoms with E-state index in [0.29, 0.717) is 16.9 Å². The number of ether oxygens (including phenoxy) is 1. The van der Waals surface area contributed by atoms with Crippen LogP contribution in [0.4, 0.5) is 14.5 Å². The number of hydrogen-bond acceptors (Lipinski definition) is 4. The smallest absolute Gasteiger partial charge is 0.329 e. The van der Waals surface area contributed by atoms with Crippen LogP contribution in [0.25, 0.3) is 0 Å². The fourth-order valence-corrected chi connectivity index (χ4v) is 2.44. The summed E-state index contributed by atoms with van der Waals surface area (Å²) in [7, 11) is 0. The molecule has 0 bridgehead atoms. The van der Waals surface area contributed by atoms with Crippen molar-refractivity contribution in [1.29, 1.82) is 0 Å². The van der Waals surface area contributed by atoms with E-state index < -0.39 is 17.6 Å². The van der Waals surface area contributed by atoms with Crippen molar-refractivity contribution in [2.24, 2.45) is 5.10 Å². The van der Waals surface area contributed by atoms with Crippen molar-refractivity contribution in [2.75, 3.05) is 5.32 Å². The number of nitrogens with zero attached hydrogens (tertiary/aromatic N) is 1. The van der Waals surface area contributed by atoms with E-state index in [1.165, 1.54) is 36.5 Å². The maximum absolute atomic E-state index is 13.5. The average Bonchev–Trinajstić information content (AvgIpc) is 2.74. The Kier molecular flexibility index (Phi) is 6.83. The average molecular weight is 409 g/mol. The van der Waals surface area contributed by atoms with Gasteiger partial charge in [-0.15, -0.1) is 0 Å². The van der Waals surface area contributed by atoms with Gasteiger partial charge in [0.15, 0.2) is 0 Å². The Hall–Kier alpha value is -4.07. The second-order valence-corrected chi connectivity index (χ2v) is 6.12. The Bertz CT molecular complexity index is 1090. The van der Waals surface area contributed by atoms with Gasteiger partial charge in [0.2, 0.25) is 0 Å². The van der Waals surface area contributed by atoms with Gasteiger partial charge in [0, 0.05) is 0 Å². The molecule has 0 atom stereocenters. The highest BCUT2D eigenvalue weighted by atomic mass is 19.1. The SMILES string of the molecule is O=C(N/N=C\c1cccc(OCc2cccc(F)c2)c1)C(=O)Nc1ccccc1F. The zero-order valence-electron chi connectivity index (χ0n) is 15.6. The van der Waals surface area contributed by atoms with E-state index in [1.54, 1.807) is 36.4 Å². The monoisotopic (exact) mass is 409 g/mol. The molecule has 3 rings (SSSR count). The normalized spacial score (nSPS) is 10.6. The molecule has 0 aliphatic carbocycles. The number of carbonyl (C=O) groups excluding carboxylic acids is 2. The van der Waals surface area contributed by atoms with Crippen molar-refractivity contribution in [3.8, 4) is 5.75 Å². The highest BCUT2D eigenvalue weighted by Gasteiger charge is 2.14. The number of amides is 2. The van der Waals surface area contributed by atoms with Crippen molar-refractivity contribution in [3.63, 3.8) is 0 Å². The van der Waals surface area contributed by atoms with E-state index >= 15 is 0 Å². The first-order valence-corrected chi connectivity index (χ1v) is 8.87. The van der Waals surface area contributed by atoms with Crippen LogP contribution in [-0.2, 0) is 16.2 Å². The summed E-state index contributed by atoms with van der Waals surface area (Å²) in [5.41, 5.74) is 3.24. The number of para-hydroxylation sites is 1. The van der Waals surface area contributed by atoms with Crippen molar-refractivity contribution in [3.05, 3.63) is 95.6 Å². The summed E-state index contributed by atoms with van der Waals surface area (Å²) in [5.74, 6) is -2.58. The van der Waals surface area contributed by atoms with Crippen LogP contribution >= 0.6 is 0 Å². The van der Waals surface area contributed by atoms with Crippen molar-refractivity contribution < 1.29 is 23.1 Å². The van der Waals surface area contributed by atoms with Gasteiger partial charge in [-0.2, -0.15) is 5.10 Å². The van der Waals surface area contributed by atoms with Crippen LogP contribution in [-0.4, -0.2) is 18.0 Å². The van der Waals surface area contributed by atoms with E-state index in [4.69, 9.17) is 4.74 Å². The number of benzene rings is 3. The number of nitrogens with one attached hydrogen (secondary N) is 2. The van der Waals surface area contributed by atoms with Crippen molar-refractivity contribution in [1.82, 2.24) is 5.43 Å². The molecular formula is C22H17F2N3O3. The Morgan fingerprint density at radius 1 is 0.933 bits per heavy atom. The van der Waals surface area contributed by atoms with Crippen LogP contribution < -0.4 is 15.5 Å². The molecule has 6 nitrogen and oxygen atoms in total. The quantitative estimate of drug-likeness (QED) is 0.371. The minimum atomic E-state index is -1.05. The second kappa shape index (κ2) is 9.92. The third-order valence-corrected chi connectivity index (χ3v) is 3.86. The number of anilines is 1. The summed E-state index contributed by atoms with van der Waals surface area (Å²) < 4.78 is 32.3. The Morgan fingerprint density at radius 2 is 1.73 bits per heavy atom. The van der Waals surface area contributed by atoms with E-state index in [9.17, 15) is 18.4 Å². The lowest BCUT2D eigenvalue weighted by Gasteiger charge is -2.07. The van der Waals surface area contributed by atoms with Gasteiger partial charge in [0.1, 0.15) is 24.0 Å². The second-order valence-electron chi connectivity index (χ2n) is 6.12. The summed E-state index contributed by atoms with van der Waals surface area (Å²) in [5, 5.41) is 5.87. The molecule has 0 aliphatic rings. The Labute approximate surface area is 171 Å². The number of rotatable bonds is 6. The van der Waals surface area contributed by atoms with Gasteiger partial charge in [-0.05, 0) is 47.5 Å². The zero-order valence-corrected chi connectivity index (χ0v) is 15.6. The van der Waals surface area contributed by atoms with Crippen LogP contribution in [0.2, 0.25) is 0 Å². The predicted octanol–water partition coefficient (Wildman–Crippen LogP) is 3.63. The maximum Gasteiger partial charge on any atom is 0.329 e. The predicted molar refractivity (Wildman–Crippen MR) is 108 cm³/mol. The lowest BCUT2D eigenvalue weighted by molar-refractivity contribution is -0.136. The van der Waals surface area contributed by atoms with Gasteiger partial charge in [0.25, 0.3) is 0 Å². The highest BCUT2D eigenvalue weighted by molar-refractivity contribution is 6.39. The van der Waals surface area contributed by atoms with Crippen LogP contribution in [0.3, 0.4) is 0 Å². The van der Waals surface area contributed by atoms with Crippen LogP contribution in [0, 0.1) is 11.6 Å². The molecule has 3 aromatic carbocycles. The molecule has 0 heterocycles. The summed E-state index contributed by atoms with van der Waals surface area (Å²) in [6.07, 6.45) is 1.32. The van der Waals surface area contributed by atoms with Gasteiger partial charge < -0.3 is 10.1 Å². The summed E-state index contributed by atoms with van der Waals surface area (Å²) in [4.78, 5) is 23.6. The molecule has 2 amide bonds. The summed E-state index contributed by atoms with van der Waals surface area (Å²) >= 11 is 0. The standard InChI is InChI=1S/C22H17F2N3O3/c23-17-7-3-6-16(11-17)14-30-18-8-4-5-15(12-18)13-25-27-22(29)21(28)26-20-10-2-1-9-19(20)24/h1-13H,14H2,(H,26,28)(H,27,29)/b25-13-. The number of carbonyl (C=O) groups is 2. The lowest BCUT2D eigenvalue weighted by Crippen LogP contribution is -2.32. The summed E-state index contributed by atoms with van der Waals surface area (Å²) in [6.45, 7) is 0.186. The number of halogens is 2. The third kappa shape index (κ3) is 5.96.